The van der Waals surface area contributed by atoms with E-state index in [-0.39, 0.29) is 12.2 Å². The standard InChI is InChI=1S/C9H9I2NO3/c10-7-4(3-5(12)9(14)15)1-2-6(13)8(7)11/h1-2,5,13H,3,12H2,(H,14,15)/t5-/m0/s1. The Morgan fingerprint density at radius 1 is 1.40 bits per heavy atom. The highest BCUT2D eigenvalue weighted by molar-refractivity contribution is 14.1. The second-order valence-corrected chi connectivity index (χ2v) is 5.18. The molecule has 0 saturated heterocycles. The molecule has 0 aliphatic carbocycles. The molecule has 15 heavy (non-hydrogen) atoms. The van der Waals surface area contributed by atoms with Crippen LogP contribution in [0, 0.1) is 7.14 Å². The zero-order chi connectivity index (χ0) is 11.6. The summed E-state index contributed by atoms with van der Waals surface area (Å²) in [6, 6.07) is 2.34. The van der Waals surface area contributed by atoms with Crippen molar-refractivity contribution in [3.05, 3.63) is 24.8 Å². The van der Waals surface area contributed by atoms with Crippen molar-refractivity contribution in [1.29, 1.82) is 0 Å². The molecular formula is C9H9I2NO3. The van der Waals surface area contributed by atoms with Gasteiger partial charge in [-0.3, -0.25) is 4.79 Å². The van der Waals surface area contributed by atoms with Gasteiger partial charge in [0.1, 0.15) is 11.8 Å². The van der Waals surface area contributed by atoms with Crippen molar-refractivity contribution >= 4 is 51.2 Å². The Morgan fingerprint density at radius 3 is 2.53 bits per heavy atom. The molecule has 1 atom stereocenters. The van der Waals surface area contributed by atoms with Gasteiger partial charge in [-0.15, -0.1) is 0 Å². The van der Waals surface area contributed by atoms with Crippen LogP contribution in [0.4, 0.5) is 0 Å². The number of carboxylic acid groups (broad SMARTS) is 1. The molecule has 0 unspecified atom stereocenters. The number of nitrogens with two attached hydrogens (primary N) is 1. The minimum absolute atomic E-state index is 0.202. The molecule has 4 N–H and O–H groups in total. The van der Waals surface area contributed by atoms with Crippen LogP contribution < -0.4 is 5.73 Å². The number of phenolic OH excluding ortho intramolecular Hbond substituents is 1. The molecule has 0 aliphatic rings. The molecule has 0 heterocycles. The number of aliphatic carboxylic acids is 1. The van der Waals surface area contributed by atoms with Crippen molar-refractivity contribution < 1.29 is 15.0 Å². The van der Waals surface area contributed by atoms with Crippen molar-refractivity contribution in [3.8, 4) is 5.75 Å². The Bertz CT molecular complexity index is 395. The third-order valence-corrected chi connectivity index (χ3v) is 5.26. The van der Waals surface area contributed by atoms with Crippen LogP contribution in [0.1, 0.15) is 5.56 Å². The van der Waals surface area contributed by atoms with Gasteiger partial charge in [0.05, 0.1) is 3.57 Å². The SMILES string of the molecule is N[C@@H](Cc1ccc(O)c(I)c1I)C(=O)O. The highest BCUT2D eigenvalue weighted by atomic mass is 127. The third-order valence-electron chi connectivity index (χ3n) is 1.90. The van der Waals surface area contributed by atoms with Crippen LogP contribution in [0.3, 0.4) is 0 Å². The molecule has 0 fully saturated rings. The summed E-state index contributed by atoms with van der Waals surface area (Å²) >= 11 is 4.08. The zero-order valence-corrected chi connectivity index (χ0v) is 11.9. The summed E-state index contributed by atoms with van der Waals surface area (Å²) in [5.74, 6) is -0.818. The Labute approximate surface area is 114 Å². The molecule has 0 radical (unpaired) electrons. The summed E-state index contributed by atoms with van der Waals surface area (Å²) in [7, 11) is 0. The van der Waals surface area contributed by atoms with Crippen molar-refractivity contribution in [2.75, 3.05) is 0 Å². The predicted molar refractivity (Wildman–Crippen MR) is 72.9 cm³/mol. The molecule has 0 saturated carbocycles. The Balaban J connectivity index is 2.97. The van der Waals surface area contributed by atoms with Crippen LogP contribution in [-0.4, -0.2) is 22.2 Å². The van der Waals surface area contributed by atoms with E-state index in [0.29, 0.717) is 0 Å². The van der Waals surface area contributed by atoms with Gasteiger partial charge in [-0.25, -0.2) is 0 Å². The van der Waals surface area contributed by atoms with E-state index in [4.69, 9.17) is 10.8 Å². The quantitative estimate of drug-likeness (QED) is 0.633. The van der Waals surface area contributed by atoms with E-state index in [9.17, 15) is 9.90 Å². The van der Waals surface area contributed by atoms with E-state index in [2.05, 4.69) is 22.6 Å². The summed E-state index contributed by atoms with van der Waals surface area (Å²) in [6.07, 6.45) is 0.268. The monoisotopic (exact) mass is 433 g/mol. The van der Waals surface area contributed by atoms with Gasteiger partial charge in [0.25, 0.3) is 0 Å². The molecule has 0 amide bonds. The molecule has 1 rings (SSSR count). The van der Waals surface area contributed by atoms with E-state index in [0.717, 1.165) is 12.7 Å². The fourth-order valence-corrected chi connectivity index (χ4v) is 2.26. The molecule has 0 aromatic heterocycles. The van der Waals surface area contributed by atoms with E-state index in [1.807, 2.05) is 22.6 Å². The van der Waals surface area contributed by atoms with E-state index in [1.165, 1.54) is 0 Å². The van der Waals surface area contributed by atoms with Gasteiger partial charge < -0.3 is 15.9 Å². The van der Waals surface area contributed by atoms with Crippen molar-refractivity contribution in [2.24, 2.45) is 5.73 Å². The molecule has 1 aromatic carbocycles. The lowest BCUT2D eigenvalue weighted by molar-refractivity contribution is -0.138. The molecular weight excluding hydrogens is 424 g/mol. The average molecular weight is 433 g/mol. The van der Waals surface area contributed by atoms with Gasteiger partial charge >= 0.3 is 5.97 Å². The molecule has 0 spiro atoms. The maximum absolute atomic E-state index is 10.6. The summed E-state index contributed by atoms with van der Waals surface area (Å²) in [4.78, 5) is 10.6. The lowest BCUT2D eigenvalue weighted by Crippen LogP contribution is -2.32. The maximum atomic E-state index is 10.6. The largest absolute Gasteiger partial charge is 0.507 e. The second-order valence-electron chi connectivity index (χ2n) is 3.02. The third kappa shape index (κ3) is 3.18. The topological polar surface area (TPSA) is 83.5 Å². The lowest BCUT2D eigenvalue weighted by Gasteiger charge is -2.10. The van der Waals surface area contributed by atoms with Crippen molar-refractivity contribution in [2.45, 2.75) is 12.5 Å². The number of carbonyl (C=O) groups is 1. The molecule has 0 bridgehead atoms. The second kappa shape index (κ2) is 5.30. The van der Waals surface area contributed by atoms with Gasteiger partial charge in [-0.1, -0.05) is 6.07 Å². The molecule has 82 valence electrons. The number of carboxylic acids is 1. The number of benzene rings is 1. The zero-order valence-electron chi connectivity index (χ0n) is 7.58. The van der Waals surface area contributed by atoms with E-state index in [1.54, 1.807) is 12.1 Å². The normalized spacial score (nSPS) is 12.5. The smallest absolute Gasteiger partial charge is 0.320 e. The first-order chi connectivity index (χ1) is 6.93. The number of hydrogen-bond acceptors (Lipinski definition) is 3. The van der Waals surface area contributed by atoms with Crippen LogP contribution in [0.2, 0.25) is 0 Å². The van der Waals surface area contributed by atoms with Gasteiger partial charge in [-0.05, 0) is 63.2 Å². The van der Waals surface area contributed by atoms with Crippen LogP contribution in [-0.2, 0) is 11.2 Å². The van der Waals surface area contributed by atoms with Gasteiger partial charge in [0, 0.05) is 3.57 Å². The Hall–Kier alpha value is -0.0900. The van der Waals surface area contributed by atoms with E-state index >= 15 is 0 Å². The Kier molecular flexibility index (Phi) is 4.59. The highest BCUT2D eigenvalue weighted by Crippen LogP contribution is 2.28. The molecule has 1 aromatic rings. The first-order valence-corrected chi connectivity index (χ1v) is 6.23. The van der Waals surface area contributed by atoms with E-state index < -0.39 is 12.0 Å². The van der Waals surface area contributed by atoms with Crippen LogP contribution in [0.25, 0.3) is 0 Å². The van der Waals surface area contributed by atoms with Crippen LogP contribution in [0.15, 0.2) is 12.1 Å². The number of rotatable bonds is 3. The first kappa shape index (κ1) is 13.0. The number of phenols is 1. The summed E-state index contributed by atoms with van der Waals surface area (Å²) in [5.41, 5.74) is 6.28. The van der Waals surface area contributed by atoms with Crippen molar-refractivity contribution in [1.82, 2.24) is 0 Å². The minimum atomic E-state index is -1.02. The molecule has 4 nitrogen and oxygen atoms in total. The van der Waals surface area contributed by atoms with Crippen LogP contribution in [0.5, 0.6) is 5.75 Å². The summed E-state index contributed by atoms with van der Waals surface area (Å²) in [6.45, 7) is 0. The van der Waals surface area contributed by atoms with Gasteiger partial charge in [-0.2, -0.15) is 0 Å². The van der Waals surface area contributed by atoms with Gasteiger partial charge in [0.15, 0.2) is 0 Å². The van der Waals surface area contributed by atoms with Crippen LogP contribution >= 0.6 is 45.2 Å². The maximum Gasteiger partial charge on any atom is 0.320 e. The fraction of sp³-hybridized carbons (Fsp3) is 0.222. The molecule has 6 heteroatoms. The van der Waals surface area contributed by atoms with Crippen molar-refractivity contribution in [3.63, 3.8) is 0 Å². The number of hydrogen-bond donors (Lipinski definition) is 3. The first-order valence-electron chi connectivity index (χ1n) is 4.07. The number of halogens is 2. The fourth-order valence-electron chi connectivity index (χ4n) is 1.06. The molecule has 0 aliphatic heterocycles. The summed E-state index contributed by atoms with van der Waals surface area (Å²) in [5, 5.41) is 18.1. The Morgan fingerprint density at radius 2 is 2.00 bits per heavy atom. The average Bonchev–Trinajstić information content (AvgIpc) is 2.18. The lowest BCUT2D eigenvalue weighted by atomic mass is 10.1. The summed E-state index contributed by atoms with van der Waals surface area (Å²) < 4.78 is 1.58. The van der Waals surface area contributed by atoms with Gasteiger partial charge in [0.2, 0.25) is 0 Å². The number of aromatic hydroxyl groups is 1. The highest BCUT2D eigenvalue weighted by Gasteiger charge is 2.16. The minimum Gasteiger partial charge on any atom is -0.507 e. The predicted octanol–water partition coefficient (Wildman–Crippen LogP) is 1.56.